The number of carbonyl (C=O) groups excluding carboxylic acids is 1. The Kier molecular flexibility index (Phi) is 7.28. The van der Waals surface area contributed by atoms with Crippen LogP contribution in [0.4, 0.5) is 0 Å². The fourth-order valence-electron chi connectivity index (χ4n) is 4.45. The Morgan fingerprint density at radius 2 is 1.16 bits per heavy atom. The zero-order chi connectivity index (χ0) is 21.3. The van der Waals surface area contributed by atoms with Crippen LogP contribution in [0.5, 0.6) is 0 Å². The Bertz CT molecular complexity index is 1030. The lowest BCUT2D eigenvalue weighted by Crippen LogP contribution is -2.08. The maximum absolute atomic E-state index is 12.6. The minimum atomic E-state index is 0.361. The van der Waals surface area contributed by atoms with E-state index >= 15 is 0 Å². The Morgan fingerprint density at radius 3 is 1.81 bits per heavy atom. The molecule has 1 aliphatic rings. The Hall–Kier alpha value is -3.19. The third-order valence-electron chi connectivity index (χ3n) is 6.20. The van der Waals surface area contributed by atoms with Gasteiger partial charge in [0, 0.05) is 18.8 Å². The van der Waals surface area contributed by atoms with Crippen molar-refractivity contribution >= 4 is 11.4 Å². The van der Waals surface area contributed by atoms with Crippen LogP contribution in [0.3, 0.4) is 0 Å². The van der Waals surface area contributed by atoms with Crippen molar-refractivity contribution in [2.24, 2.45) is 5.92 Å². The van der Waals surface area contributed by atoms with Gasteiger partial charge >= 0.3 is 0 Å². The minimum Gasteiger partial charge on any atom is -0.300 e. The molecule has 1 unspecified atom stereocenters. The van der Waals surface area contributed by atoms with Gasteiger partial charge in [0.2, 0.25) is 0 Å². The summed E-state index contributed by atoms with van der Waals surface area (Å²) in [6.45, 7) is 0. The lowest BCUT2D eigenvalue weighted by molar-refractivity contribution is -0.119. The number of hydrogen-bond donors (Lipinski definition) is 0. The van der Waals surface area contributed by atoms with Crippen LogP contribution in [0.25, 0.3) is 5.57 Å². The van der Waals surface area contributed by atoms with Crippen molar-refractivity contribution < 1.29 is 4.79 Å². The second-order valence-corrected chi connectivity index (χ2v) is 8.33. The summed E-state index contributed by atoms with van der Waals surface area (Å²) in [4.78, 5) is 12.6. The molecule has 0 fully saturated rings. The monoisotopic (exact) mass is 406 g/mol. The normalized spacial score (nSPS) is 15.4. The van der Waals surface area contributed by atoms with Gasteiger partial charge in [-0.05, 0) is 47.9 Å². The van der Waals surface area contributed by atoms with E-state index in [-0.39, 0.29) is 0 Å². The van der Waals surface area contributed by atoms with E-state index in [1.165, 1.54) is 27.8 Å². The van der Waals surface area contributed by atoms with Gasteiger partial charge < -0.3 is 0 Å². The topological polar surface area (TPSA) is 17.1 Å². The molecule has 1 heteroatoms. The van der Waals surface area contributed by atoms with Crippen molar-refractivity contribution in [2.75, 3.05) is 0 Å². The van der Waals surface area contributed by atoms with Crippen molar-refractivity contribution in [1.29, 1.82) is 0 Å². The number of aryl methyl sites for hydroxylation is 2. The summed E-state index contributed by atoms with van der Waals surface area (Å²) in [6.07, 6.45) is 9.63. The van der Waals surface area contributed by atoms with Crippen molar-refractivity contribution in [3.63, 3.8) is 0 Å². The van der Waals surface area contributed by atoms with Crippen molar-refractivity contribution in [1.82, 2.24) is 0 Å². The van der Waals surface area contributed by atoms with Gasteiger partial charge in [-0.3, -0.25) is 4.79 Å². The van der Waals surface area contributed by atoms with E-state index in [1.54, 1.807) is 0 Å². The molecular formula is C30H30O. The molecule has 0 spiro atoms. The second kappa shape index (κ2) is 10.7. The largest absolute Gasteiger partial charge is 0.300 e. The summed E-state index contributed by atoms with van der Waals surface area (Å²) in [6, 6.07) is 31.7. The van der Waals surface area contributed by atoms with E-state index in [0.717, 1.165) is 25.7 Å². The van der Waals surface area contributed by atoms with Gasteiger partial charge in [-0.15, -0.1) is 0 Å². The zero-order valence-corrected chi connectivity index (χ0v) is 18.0. The van der Waals surface area contributed by atoms with Crippen LogP contribution in [0.15, 0.2) is 109 Å². The van der Waals surface area contributed by atoms with E-state index < -0.39 is 0 Å². The quantitative estimate of drug-likeness (QED) is 0.347. The molecule has 3 aromatic carbocycles. The van der Waals surface area contributed by atoms with Gasteiger partial charge in [-0.2, -0.15) is 0 Å². The van der Waals surface area contributed by atoms with Crippen molar-refractivity contribution in [3.8, 4) is 0 Å². The number of rotatable bonds is 10. The second-order valence-electron chi connectivity index (χ2n) is 8.33. The Balaban J connectivity index is 1.37. The molecule has 0 aliphatic heterocycles. The molecule has 1 atom stereocenters. The van der Waals surface area contributed by atoms with Crippen LogP contribution in [0.2, 0.25) is 0 Å². The third-order valence-corrected chi connectivity index (χ3v) is 6.20. The molecular weight excluding hydrogens is 376 g/mol. The van der Waals surface area contributed by atoms with E-state index in [2.05, 4.69) is 84.9 Å². The van der Waals surface area contributed by atoms with Gasteiger partial charge in [0.15, 0.2) is 0 Å². The van der Waals surface area contributed by atoms with Gasteiger partial charge in [-0.25, -0.2) is 0 Å². The first kappa shape index (κ1) is 21.1. The summed E-state index contributed by atoms with van der Waals surface area (Å²) < 4.78 is 0. The van der Waals surface area contributed by atoms with Crippen LogP contribution < -0.4 is 0 Å². The molecule has 0 saturated carbocycles. The highest BCUT2D eigenvalue weighted by Crippen LogP contribution is 2.39. The van der Waals surface area contributed by atoms with E-state index in [1.807, 2.05) is 18.2 Å². The maximum Gasteiger partial charge on any atom is 0.133 e. The van der Waals surface area contributed by atoms with Crippen molar-refractivity contribution in [2.45, 2.75) is 38.5 Å². The highest BCUT2D eigenvalue weighted by Gasteiger charge is 2.24. The Labute approximate surface area is 186 Å². The number of benzene rings is 3. The molecule has 0 amide bonds. The van der Waals surface area contributed by atoms with Crippen LogP contribution in [0, 0.1) is 5.92 Å². The SMILES string of the molecule is O=C(CCC1=CC=C(c2ccccc2)C1CCc1ccccc1)CCc1ccccc1. The van der Waals surface area contributed by atoms with E-state index in [9.17, 15) is 4.79 Å². The van der Waals surface area contributed by atoms with Crippen LogP contribution in [-0.2, 0) is 17.6 Å². The van der Waals surface area contributed by atoms with E-state index in [0.29, 0.717) is 24.5 Å². The first-order chi connectivity index (χ1) is 15.3. The number of hydrogen-bond acceptors (Lipinski definition) is 1. The van der Waals surface area contributed by atoms with Crippen molar-refractivity contribution in [3.05, 3.63) is 125 Å². The minimum absolute atomic E-state index is 0.361. The highest BCUT2D eigenvalue weighted by molar-refractivity contribution is 5.80. The summed E-state index contributed by atoms with van der Waals surface area (Å²) in [5.41, 5.74) is 6.71. The molecule has 0 bridgehead atoms. The molecule has 1 nitrogen and oxygen atoms in total. The third kappa shape index (κ3) is 5.92. The zero-order valence-electron chi connectivity index (χ0n) is 18.0. The molecule has 4 rings (SSSR count). The lowest BCUT2D eigenvalue weighted by atomic mass is 9.84. The summed E-state index contributed by atoms with van der Waals surface area (Å²) in [5, 5.41) is 0. The number of allylic oxidation sites excluding steroid dienone is 4. The number of Topliss-reactive ketones (excluding diaryl/α,β-unsaturated/α-hetero) is 1. The van der Waals surface area contributed by atoms with Gasteiger partial charge in [-0.1, -0.05) is 109 Å². The maximum atomic E-state index is 12.6. The standard InChI is InChI=1S/C30H30O/c31-28(20-16-24-10-4-1-5-11-24)21-18-27-19-23-30(26-14-8-3-9-15-26)29(27)22-17-25-12-6-2-7-13-25/h1-15,19,23,29H,16-18,20-22H2. The lowest BCUT2D eigenvalue weighted by Gasteiger charge is -2.20. The van der Waals surface area contributed by atoms with Crippen LogP contribution in [0.1, 0.15) is 42.4 Å². The highest BCUT2D eigenvalue weighted by atomic mass is 16.1. The average molecular weight is 407 g/mol. The molecule has 0 radical (unpaired) electrons. The molecule has 31 heavy (non-hydrogen) atoms. The van der Waals surface area contributed by atoms with Gasteiger partial charge in [0.1, 0.15) is 5.78 Å². The van der Waals surface area contributed by atoms with Gasteiger partial charge in [0.05, 0.1) is 0 Å². The predicted molar refractivity (Wildman–Crippen MR) is 130 cm³/mol. The fourth-order valence-corrected chi connectivity index (χ4v) is 4.45. The molecule has 0 aromatic heterocycles. The molecule has 0 saturated heterocycles. The smallest absolute Gasteiger partial charge is 0.133 e. The number of ketones is 1. The predicted octanol–water partition coefficient (Wildman–Crippen LogP) is 7.24. The summed E-state index contributed by atoms with van der Waals surface area (Å²) >= 11 is 0. The first-order valence-corrected chi connectivity index (χ1v) is 11.4. The molecule has 3 aromatic rings. The van der Waals surface area contributed by atoms with E-state index in [4.69, 9.17) is 0 Å². The number of carbonyl (C=O) groups is 1. The molecule has 1 aliphatic carbocycles. The summed E-state index contributed by atoms with van der Waals surface area (Å²) in [5.74, 6) is 0.754. The molecule has 0 heterocycles. The van der Waals surface area contributed by atoms with Crippen LogP contribution >= 0.6 is 0 Å². The fraction of sp³-hybridized carbons (Fsp3) is 0.233. The molecule has 0 N–H and O–H groups in total. The first-order valence-electron chi connectivity index (χ1n) is 11.4. The Morgan fingerprint density at radius 1 is 0.613 bits per heavy atom. The average Bonchev–Trinajstić information content (AvgIpc) is 3.24. The van der Waals surface area contributed by atoms with Crippen LogP contribution in [-0.4, -0.2) is 5.78 Å². The molecule has 156 valence electrons. The van der Waals surface area contributed by atoms with Gasteiger partial charge in [0.25, 0.3) is 0 Å². The summed E-state index contributed by atoms with van der Waals surface area (Å²) in [7, 11) is 0.